The van der Waals surface area contributed by atoms with E-state index in [1.807, 2.05) is 0 Å². The number of thioether (sulfide) groups is 1. The van der Waals surface area contributed by atoms with E-state index in [0.717, 1.165) is 11.8 Å². The largest absolute Gasteiger partial charge is 0.481 e. The van der Waals surface area contributed by atoms with Gasteiger partial charge in [0, 0.05) is 0 Å². The van der Waals surface area contributed by atoms with Crippen LogP contribution in [0.15, 0.2) is 29.4 Å². The van der Waals surface area contributed by atoms with Crippen molar-refractivity contribution in [3.8, 4) is 0 Å². The molecule has 0 spiro atoms. The maximum absolute atomic E-state index is 13.2. The van der Waals surface area contributed by atoms with Crippen LogP contribution >= 0.6 is 11.8 Å². The molecular formula is C12H12FN3O3S. The first-order valence-electron chi connectivity index (χ1n) is 5.72. The third-order valence-electron chi connectivity index (χ3n) is 2.49. The molecule has 0 unspecified atom stereocenters. The quantitative estimate of drug-likeness (QED) is 0.777. The lowest BCUT2D eigenvalue weighted by atomic mass is 10.2. The molecule has 6 nitrogen and oxygen atoms in total. The first-order valence-corrected chi connectivity index (χ1v) is 6.70. The van der Waals surface area contributed by atoms with Crippen LogP contribution in [0.1, 0.15) is 11.4 Å². The number of aliphatic carboxylic acids is 1. The van der Waals surface area contributed by atoms with Crippen molar-refractivity contribution in [2.24, 2.45) is 0 Å². The highest BCUT2D eigenvalue weighted by Gasteiger charge is 2.13. The van der Waals surface area contributed by atoms with Crippen molar-refractivity contribution < 1.29 is 19.4 Å². The summed E-state index contributed by atoms with van der Waals surface area (Å²) in [6.07, 6.45) is 0. The van der Waals surface area contributed by atoms with Gasteiger partial charge >= 0.3 is 5.97 Å². The van der Waals surface area contributed by atoms with Crippen LogP contribution < -0.4 is 0 Å². The van der Waals surface area contributed by atoms with Crippen LogP contribution in [0.2, 0.25) is 0 Å². The van der Waals surface area contributed by atoms with Gasteiger partial charge in [0.05, 0.1) is 12.3 Å². The number of nitrogens with zero attached hydrogens (tertiary/aromatic N) is 3. The minimum atomic E-state index is -0.971. The fourth-order valence-corrected chi connectivity index (χ4v) is 2.32. The van der Waals surface area contributed by atoms with E-state index in [1.165, 1.54) is 12.1 Å². The second-order valence-electron chi connectivity index (χ2n) is 3.96. The molecule has 0 atom stereocenters. The molecule has 0 bridgehead atoms. The average molecular weight is 297 g/mol. The van der Waals surface area contributed by atoms with Gasteiger partial charge in [-0.3, -0.25) is 9.36 Å². The van der Waals surface area contributed by atoms with Crippen LogP contribution in [-0.2, 0) is 17.9 Å². The van der Waals surface area contributed by atoms with Gasteiger partial charge in [-0.2, -0.15) is 0 Å². The lowest BCUT2D eigenvalue weighted by Crippen LogP contribution is -2.08. The first-order chi connectivity index (χ1) is 9.60. The summed E-state index contributed by atoms with van der Waals surface area (Å²) < 4.78 is 14.7. The number of carboxylic acid groups (broad SMARTS) is 1. The Hall–Kier alpha value is -1.93. The summed E-state index contributed by atoms with van der Waals surface area (Å²) in [5, 5.41) is 25.9. The summed E-state index contributed by atoms with van der Waals surface area (Å²) in [7, 11) is 0. The fourth-order valence-electron chi connectivity index (χ4n) is 1.65. The molecule has 0 aliphatic heterocycles. The van der Waals surface area contributed by atoms with Crippen LogP contribution in [0.5, 0.6) is 0 Å². The summed E-state index contributed by atoms with van der Waals surface area (Å²) in [5.41, 5.74) is 0.677. The lowest BCUT2D eigenvalue weighted by molar-refractivity contribution is -0.133. The summed E-state index contributed by atoms with van der Waals surface area (Å²) in [5.74, 6) is -1.18. The van der Waals surface area contributed by atoms with Crippen molar-refractivity contribution in [1.29, 1.82) is 0 Å². The normalized spacial score (nSPS) is 10.7. The monoisotopic (exact) mass is 297 g/mol. The summed E-state index contributed by atoms with van der Waals surface area (Å²) in [6, 6.07) is 6.02. The molecule has 0 aliphatic rings. The van der Waals surface area contributed by atoms with Gasteiger partial charge in [-0.05, 0) is 17.7 Å². The van der Waals surface area contributed by atoms with Crippen molar-refractivity contribution >= 4 is 17.7 Å². The summed E-state index contributed by atoms with van der Waals surface area (Å²) in [6.45, 7) is -0.0570. The molecule has 0 radical (unpaired) electrons. The van der Waals surface area contributed by atoms with Gasteiger partial charge in [-0.15, -0.1) is 10.2 Å². The molecule has 0 fully saturated rings. The molecule has 2 rings (SSSR count). The number of carbonyl (C=O) groups is 1. The molecule has 106 valence electrons. The Morgan fingerprint density at radius 3 is 2.85 bits per heavy atom. The van der Waals surface area contributed by atoms with Crippen LogP contribution in [-0.4, -0.2) is 36.7 Å². The molecule has 2 N–H and O–H groups in total. The molecule has 0 amide bonds. The number of carboxylic acids is 1. The van der Waals surface area contributed by atoms with E-state index >= 15 is 0 Å². The molecule has 8 heteroatoms. The molecule has 20 heavy (non-hydrogen) atoms. The van der Waals surface area contributed by atoms with E-state index in [2.05, 4.69) is 10.2 Å². The zero-order chi connectivity index (χ0) is 14.5. The van der Waals surface area contributed by atoms with Crippen molar-refractivity contribution in [2.75, 3.05) is 5.75 Å². The van der Waals surface area contributed by atoms with Crippen molar-refractivity contribution in [3.63, 3.8) is 0 Å². The standard InChI is InChI=1S/C12H12FN3O3S/c13-9-3-1-2-8(4-9)5-16-10(6-17)14-15-12(16)20-7-11(18)19/h1-4,17H,5-7H2,(H,18,19). The second kappa shape index (κ2) is 6.49. The highest BCUT2D eigenvalue weighted by Crippen LogP contribution is 2.19. The lowest BCUT2D eigenvalue weighted by Gasteiger charge is -2.08. The van der Waals surface area contributed by atoms with Crippen LogP contribution in [0.3, 0.4) is 0 Å². The Kier molecular flexibility index (Phi) is 4.70. The summed E-state index contributed by atoms with van der Waals surface area (Å²) >= 11 is 1.000. The zero-order valence-electron chi connectivity index (χ0n) is 10.4. The van der Waals surface area contributed by atoms with E-state index in [0.29, 0.717) is 16.5 Å². The third kappa shape index (κ3) is 3.55. The molecule has 1 aromatic heterocycles. The third-order valence-corrected chi connectivity index (χ3v) is 3.44. The van der Waals surface area contributed by atoms with E-state index in [1.54, 1.807) is 16.7 Å². The van der Waals surface area contributed by atoms with E-state index in [9.17, 15) is 14.3 Å². The van der Waals surface area contributed by atoms with E-state index in [4.69, 9.17) is 5.11 Å². The van der Waals surface area contributed by atoms with Gasteiger partial charge in [-0.25, -0.2) is 4.39 Å². The van der Waals surface area contributed by atoms with Gasteiger partial charge in [0.25, 0.3) is 0 Å². The van der Waals surface area contributed by atoms with Crippen molar-refractivity contribution in [1.82, 2.24) is 14.8 Å². The van der Waals surface area contributed by atoms with Gasteiger partial charge in [-0.1, -0.05) is 23.9 Å². The van der Waals surface area contributed by atoms with E-state index < -0.39 is 5.97 Å². The Bertz CT molecular complexity index is 618. The number of aliphatic hydroxyl groups is 1. The average Bonchev–Trinajstić information content (AvgIpc) is 2.78. The second-order valence-corrected chi connectivity index (χ2v) is 4.90. The highest BCUT2D eigenvalue weighted by molar-refractivity contribution is 7.99. The van der Waals surface area contributed by atoms with Crippen LogP contribution in [0, 0.1) is 5.82 Å². The number of rotatable bonds is 6. The highest BCUT2D eigenvalue weighted by atomic mass is 32.2. The fraction of sp³-hybridized carbons (Fsp3) is 0.250. The Morgan fingerprint density at radius 2 is 2.20 bits per heavy atom. The molecule has 0 saturated heterocycles. The van der Waals surface area contributed by atoms with Crippen LogP contribution in [0.25, 0.3) is 0 Å². The van der Waals surface area contributed by atoms with Gasteiger partial charge in [0.1, 0.15) is 12.4 Å². The summed E-state index contributed by atoms with van der Waals surface area (Å²) in [4.78, 5) is 10.6. The Balaban J connectivity index is 2.24. The first kappa shape index (κ1) is 14.5. The van der Waals surface area contributed by atoms with E-state index in [-0.39, 0.29) is 24.7 Å². The molecule has 1 aromatic carbocycles. The smallest absolute Gasteiger partial charge is 0.313 e. The maximum Gasteiger partial charge on any atom is 0.313 e. The minimum absolute atomic E-state index is 0.160. The number of benzene rings is 1. The predicted octanol–water partition coefficient (Wildman–Crippen LogP) is 1.13. The number of aliphatic hydroxyl groups excluding tert-OH is 1. The van der Waals surface area contributed by atoms with Crippen molar-refractivity contribution in [2.45, 2.75) is 18.3 Å². The molecular weight excluding hydrogens is 285 g/mol. The number of hydrogen-bond donors (Lipinski definition) is 2. The number of hydrogen-bond acceptors (Lipinski definition) is 5. The topological polar surface area (TPSA) is 88.2 Å². The van der Waals surface area contributed by atoms with Crippen molar-refractivity contribution in [3.05, 3.63) is 41.5 Å². The Labute approximate surface area is 118 Å². The molecule has 0 aliphatic carbocycles. The van der Waals surface area contributed by atoms with Gasteiger partial charge in [0.2, 0.25) is 0 Å². The SMILES string of the molecule is O=C(O)CSc1nnc(CO)n1Cc1cccc(F)c1. The number of aromatic nitrogens is 3. The van der Waals surface area contributed by atoms with Gasteiger partial charge in [0.15, 0.2) is 11.0 Å². The Morgan fingerprint density at radius 1 is 1.40 bits per heavy atom. The minimum Gasteiger partial charge on any atom is -0.481 e. The zero-order valence-corrected chi connectivity index (χ0v) is 11.2. The maximum atomic E-state index is 13.2. The number of halogens is 1. The van der Waals surface area contributed by atoms with Crippen LogP contribution in [0.4, 0.5) is 4.39 Å². The predicted molar refractivity (Wildman–Crippen MR) is 69.8 cm³/mol. The molecule has 0 saturated carbocycles. The molecule has 2 aromatic rings. The molecule has 1 heterocycles. The van der Waals surface area contributed by atoms with Gasteiger partial charge < -0.3 is 10.2 Å².